The molecule has 0 aliphatic rings. The first-order valence-corrected chi connectivity index (χ1v) is 11.0. The quantitative estimate of drug-likeness (QED) is 0.237. The average molecular weight is 510 g/mol. The maximum Gasteiger partial charge on any atom is 0.417 e. The van der Waals surface area contributed by atoms with Gasteiger partial charge in [0, 0.05) is 22.6 Å². The van der Waals surface area contributed by atoms with Crippen LogP contribution < -0.4 is 4.68 Å². The summed E-state index contributed by atoms with van der Waals surface area (Å²) in [5, 5.41) is 11.9. The summed E-state index contributed by atoms with van der Waals surface area (Å²) in [5.41, 5.74) is -0.255. The Bertz CT molecular complexity index is 1530. The molecule has 0 bridgehead atoms. The Morgan fingerprint density at radius 3 is 2.51 bits per heavy atom. The van der Waals surface area contributed by atoms with Crippen LogP contribution >= 0.6 is 11.3 Å². The van der Waals surface area contributed by atoms with E-state index in [1.807, 2.05) is 17.7 Å². The lowest BCUT2D eigenvalue weighted by atomic mass is 10.0. The minimum atomic E-state index is -5.02. The molecule has 5 aromatic rings. The van der Waals surface area contributed by atoms with Gasteiger partial charge in [0.1, 0.15) is 28.7 Å². The van der Waals surface area contributed by atoms with Crippen LogP contribution in [0.4, 0.5) is 26.3 Å². The SMILES string of the molecule is Cc1cscc1-c1nc2cn[n+](Cc3cc(-c4ccc(C(F)(F)F)cc4C(F)(F)F)no3)cc2[nH]1. The maximum atomic E-state index is 13.5. The zero-order chi connectivity index (χ0) is 25.0. The number of hydrogen-bond donors (Lipinski definition) is 1. The molecule has 180 valence electrons. The highest BCUT2D eigenvalue weighted by Crippen LogP contribution is 2.40. The molecule has 0 aliphatic heterocycles. The van der Waals surface area contributed by atoms with Gasteiger partial charge in [0.25, 0.3) is 0 Å². The number of nitrogens with one attached hydrogen (secondary N) is 1. The molecule has 1 N–H and O–H groups in total. The molecule has 1 aromatic carbocycles. The van der Waals surface area contributed by atoms with Crippen LogP contribution in [-0.4, -0.2) is 20.2 Å². The number of aromatic amines is 1. The summed E-state index contributed by atoms with van der Waals surface area (Å²) >= 11 is 1.55. The lowest BCUT2D eigenvalue weighted by molar-refractivity contribution is -0.746. The number of halogens is 6. The summed E-state index contributed by atoms with van der Waals surface area (Å²) < 4.78 is 85.9. The number of benzene rings is 1. The molecule has 13 heteroatoms. The van der Waals surface area contributed by atoms with Crippen LogP contribution in [0.5, 0.6) is 0 Å². The van der Waals surface area contributed by atoms with E-state index >= 15 is 0 Å². The van der Waals surface area contributed by atoms with Gasteiger partial charge in [0.05, 0.1) is 11.1 Å². The van der Waals surface area contributed by atoms with Crippen molar-refractivity contribution in [1.29, 1.82) is 0 Å². The summed E-state index contributed by atoms with van der Waals surface area (Å²) in [4.78, 5) is 7.73. The molecule has 0 fully saturated rings. The van der Waals surface area contributed by atoms with Crippen LogP contribution in [0.3, 0.4) is 0 Å². The Morgan fingerprint density at radius 2 is 1.83 bits per heavy atom. The average Bonchev–Trinajstić information content (AvgIpc) is 3.51. The zero-order valence-electron chi connectivity index (χ0n) is 17.7. The summed E-state index contributed by atoms with van der Waals surface area (Å²) in [5.74, 6) is 0.848. The van der Waals surface area contributed by atoms with Crippen LogP contribution in [0.2, 0.25) is 0 Å². The molecule has 0 atom stereocenters. The third-order valence-corrected chi connectivity index (χ3v) is 6.14. The van der Waals surface area contributed by atoms with Gasteiger partial charge in [-0.2, -0.15) is 37.7 Å². The van der Waals surface area contributed by atoms with E-state index in [-0.39, 0.29) is 24.1 Å². The highest BCUT2D eigenvalue weighted by Gasteiger charge is 2.39. The van der Waals surface area contributed by atoms with Gasteiger partial charge < -0.3 is 9.51 Å². The van der Waals surface area contributed by atoms with Crippen molar-refractivity contribution in [3.63, 3.8) is 0 Å². The number of H-pyrrole nitrogens is 1. The van der Waals surface area contributed by atoms with Gasteiger partial charge in [0.2, 0.25) is 18.5 Å². The summed E-state index contributed by atoms with van der Waals surface area (Å²) in [7, 11) is 0. The van der Waals surface area contributed by atoms with Crippen LogP contribution in [-0.2, 0) is 18.9 Å². The Hall–Kier alpha value is -3.74. The summed E-state index contributed by atoms with van der Waals surface area (Å²) in [6.45, 7) is 2.00. The predicted octanol–water partition coefficient (Wildman–Crippen LogP) is 6.02. The van der Waals surface area contributed by atoms with E-state index in [0.717, 1.165) is 17.2 Å². The Balaban J connectivity index is 1.44. The van der Waals surface area contributed by atoms with E-state index < -0.39 is 29.0 Å². The fourth-order valence-electron chi connectivity index (χ4n) is 3.58. The summed E-state index contributed by atoms with van der Waals surface area (Å²) in [6, 6.07) is 2.63. The van der Waals surface area contributed by atoms with Crippen molar-refractivity contribution < 1.29 is 35.5 Å². The van der Waals surface area contributed by atoms with E-state index in [0.29, 0.717) is 22.9 Å². The van der Waals surface area contributed by atoms with Gasteiger partial charge in [-0.1, -0.05) is 15.9 Å². The predicted molar refractivity (Wildman–Crippen MR) is 113 cm³/mol. The van der Waals surface area contributed by atoms with Crippen molar-refractivity contribution in [1.82, 2.24) is 20.2 Å². The monoisotopic (exact) mass is 510 g/mol. The highest BCUT2D eigenvalue weighted by atomic mass is 32.1. The standard InChI is InChI=1S/C22H13F6N5OS/c1-11-9-35-10-15(11)20-30-18-6-29-33(8-19(18)31-20)7-13-5-17(32-34-13)14-3-2-12(21(23,24)25)4-16(14)22(26,27)28/h2-6,8-10H,7H2,1H3/p+1. The molecule has 0 radical (unpaired) electrons. The Kier molecular flexibility index (Phi) is 5.38. The molecule has 0 aliphatic carbocycles. The molecular formula is C22H14F6N5OS+. The molecule has 0 saturated carbocycles. The van der Waals surface area contributed by atoms with E-state index in [1.165, 1.54) is 16.9 Å². The van der Waals surface area contributed by atoms with Crippen molar-refractivity contribution >= 4 is 22.4 Å². The zero-order valence-corrected chi connectivity index (χ0v) is 18.5. The largest absolute Gasteiger partial charge is 0.417 e. The fourth-order valence-corrected chi connectivity index (χ4v) is 4.41. The number of imidazole rings is 1. The lowest BCUT2D eigenvalue weighted by Gasteiger charge is -2.14. The van der Waals surface area contributed by atoms with Crippen LogP contribution in [0, 0.1) is 6.92 Å². The number of fused-ring (bicyclic) bond motifs is 1. The molecule has 0 amide bonds. The van der Waals surface area contributed by atoms with E-state index in [1.54, 1.807) is 17.5 Å². The number of aromatic nitrogens is 5. The highest BCUT2D eigenvalue weighted by molar-refractivity contribution is 7.08. The fraction of sp³-hybridized carbons (Fsp3) is 0.182. The van der Waals surface area contributed by atoms with Gasteiger partial charge in [-0.05, 0) is 35.1 Å². The molecule has 4 aromatic heterocycles. The first kappa shape index (κ1) is 23.0. The molecule has 35 heavy (non-hydrogen) atoms. The van der Waals surface area contributed by atoms with Gasteiger partial charge in [-0.3, -0.25) is 0 Å². The number of thiophene rings is 1. The van der Waals surface area contributed by atoms with Crippen molar-refractivity contribution in [2.45, 2.75) is 25.8 Å². The van der Waals surface area contributed by atoms with Gasteiger partial charge in [0.15, 0.2) is 0 Å². The Labute approximate surface area is 196 Å². The molecule has 5 rings (SSSR count). The Morgan fingerprint density at radius 1 is 1.03 bits per heavy atom. The third-order valence-electron chi connectivity index (χ3n) is 5.28. The molecular weight excluding hydrogens is 496 g/mol. The molecule has 0 spiro atoms. The van der Waals surface area contributed by atoms with Crippen LogP contribution in [0.15, 0.2) is 51.9 Å². The van der Waals surface area contributed by atoms with Crippen molar-refractivity contribution in [2.24, 2.45) is 0 Å². The van der Waals surface area contributed by atoms with E-state index in [9.17, 15) is 26.3 Å². The third kappa shape index (κ3) is 4.50. The first-order valence-electron chi connectivity index (χ1n) is 10.0. The van der Waals surface area contributed by atoms with Gasteiger partial charge >= 0.3 is 12.4 Å². The van der Waals surface area contributed by atoms with Crippen molar-refractivity contribution in [3.8, 4) is 22.6 Å². The smallest absolute Gasteiger partial charge is 0.354 e. The first-order chi connectivity index (χ1) is 16.5. The van der Waals surface area contributed by atoms with Gasteiger partial charge in [-0.15, -0.1) is 0 Å². The second kappa shape index (κ2) is 8.18. The molecule has 0 saturated heterocycles. The van der Waals surface area contributed by atoms with Crippen molar-refractivity contribution in [2.75, 3.05) is 0 Å². The van der Waals surface area contributed by atoms with E-state index in [2.05, 4.69) is 20.2 Å². The van der Waals surface area contributed by atoms with E-state index in [4.69, 9.17) is 4.52 Å². The topological polar surface area (TPSA) is 71.5 Å². The normalized spacial score (nSPS) is 12.5. The number of alkyl halides is 6. The lowest BCUT2D eigenvalue weighted by Crippen LogP contribution is -2.37. The maximum absolute atomic E-state index is 13.5. The number of aryl methyl sites for hydroxylation is 1. The second-order valence-electron chi connectivity index (χ2n) is 7.76. The van der Waals surface area contributed by atoms with Crippen molar-refractivity contribution in [3.05, 3.63) is 69.9 Å². The number of nitrogens with zero attached hydrogens (tertiary/aromatic N) is 4. The molecule has 6 nitrogen and oxygen atoms in total. The number of hydrogen-bond acceptors (Lipinski definition) is 5. The second-order valence-corrected chi connectivity index (χ2v) is 8.50. The van der Waals surface area contributed by atoms with Crippen LogP contribution in [0.1, 0.15) is 22.5 Å². The summed E-state index contributed by atoms with van der Waals surface area (Å²) in [6.07, 6.45) is -6.74. The molecule has 0 unspecified atom stereocenters. The number of rotatable bonds is 4. The molecule has 4 heterocycles. The minimum absolute atomic E-state index is 0.0246. The minimum Gasteiger partial charge on any atom is -0.354 e. The van der Waals surface area contributed by atoms with Gasteiger partial charge in [-0.25, -0.2) is 4.98 Å². The van der Waals surface area contributed by atoms with Crippen LogP contribution in [0.25, 0.3) is 33.7 Å².